The molecule has 1 N–H and O–H groups in total. The Morgan fingerprint density at radius 1 is 1.21 bits per heavy atom. The minimum Gasteiger partial charge on any atom is -0.459 e. The number of thioether (sulfide) groups is 1. The van der Waals surface area contributed by atoms with Gasteiger partial charge in [-0.3, -0.25) is 4.79 Å². The van der Waals surface area contributed by atoms with Crippen LogP contribution >= 0.6 is 11.8 Å². The summed E-state index contributed by atoms with van der Waals surface area (Å²) in [5.41, 5.74) is 3.56. The predicted octanol–water partition coefficient (Wildman–Crippen LogP) is 3.55. The van der Waals surface area contributed by atoms with Gasteiger partial charge in [0.05, 0.1) is 12.0 Å². The molecule has 0 fully saturated rings. The van der Waals surface area contributed by atoms with Crippen LogP contribution in [0.1, 0.15) is 17.5 Å². The molecule has 0 saturated carbocycles. The second-order valence-corrected chi connectivity index (χ2v) is 6.45. The van der Waals surface area contributed by atoms with Gasteiger partial charge in [-0.15, -0.1) is 10.2 Å². The molecule has 24 heavy (non-hydrogen) atoms. The molecule has 2 heterocycles. The number of benzene rings is 1. The van der Waals surface area contributed by atoms with Gasteiger partial charge in [0.15, 0.2) is 5.76 Å². The number of aryl methyl sites for hydroxylation is 2. The number of anilines is 1. The minimum atomic E-state index is -0.101. The largest absolute Gasteiger partial charge is 0.459 e. The Morgan fingerprint density at radius 2 is 2.12 bits per heavy atom. The predicted molar refractivity (Wildman–Crippen MR) is 89.8 cm³/mol. The fraction of sp³-hybridized carbons (Fsp3) is 0.235. The zero-order valence-electron chi connectivity index (χ0n) is 12.8. The zero-order chi connectivity index (χ0) is 16.4. The molecule has 0 atom stereocenters. The number of hydrogen-bond acceptors (Lipinski definition) is 6. The summed E-state index contributed by atoms with van der Waals surface area (Å²) in [6, 6.07) is 9.60. The fourth-order valence-corrected chi connectivity index (χ4v) is 3.31. The van der Waals surface area contributed by atoms with E-state index in [2.05, 4.69) is 27.6 Å². The highest BCUT2D eigenvalue weighted by atomic mass is 32.2. The fourth-order valence-electron chi connectivity index (χ4n) is 2.74. The van der Waals surface area contributed by atoms with Gasteiger partial charge in [0.1, 0.15) is 0 Å². The number of hydrogen-bond donors (Lipinski definition) is 1. The molecule has 0 saturated heterocycles. The summed E-state index contributed by atoms with van der Waals surface area (Å²) >= 11 is 1.20. The maximum absolute atomic E-state index is 12.1. The monoisotopic (exact) mass is 341 g/mol. The van der Waals surface area contributed by atoms with Crippen LogP contribution in [-0.2, 0) is 17.6 Å². The number of furan rings is 1. The van der Waals surface area contributed by atoms with Gasteiger partial charge in [-0.1, -0.05) is 17.8 Å². The van der Waals surface area contributed by atoms with Crippen LogP contribution in [0.4, 0.5) is 5.69 Å². The number of fused-ring (bicyclic) bond motifs is 1. The summed E-state index contributed by atoms with van der Waals surface area (Å²) in [5, 5.41) is 11.0. The Labute approximate surface area is 142 Å². The lowest BCUT2D eigenvalue weighted by molar-refractivity contribution is -0.113. The third-order valence-electron chi connectivity index (χ3n) is 3.85. The lowest BCUT2D eigenvalue weighted by Crippen LogP contribution is -2.14. The minimum absolute atomic E-state index is 0.101. The quantitative estimate of drug-likeness (QED) is 0.715. The third kappa shape index (κ3) is 3.21. The first kappa shape index (κ1) is 15.0. The van der Waals surface area contributed by atoms with Gasteiger partial charge in [0, 0.05) is 5.69 Å². The van der Waals surface area contributed by atoms with Crippen LogP contribution in [0.5, 0.6) is 0 Å². The van der Waals surface area contributed by atoms with Gasteiger partial charge in [-0.2, -0.15) is 0 Å². The Morgan fingerprint density at radius 3 is 3.00 bits per heavy atom. The Balaban J connectivity index is 1.33. The van der Waals surface area contributed by atoms with Crippen molar-refractivity contribution in [3.8, 4) is 11.7 Å². The normalized spacial score (nSPS) is 13.0. The van der Waals surface area contributed by atoms with Crippen molar-refractivity contribution in [3.63, 3.8) is 0 Å². The average molecular weight is 341 g/mol. The lowest BCUT2D eigenvalue weighted by Gasteiger charge is -2.06. The van der Waals surface area contributed by atoms with Crippen LogP contribution in [0.25, 0.3) is 11.7 Å². The zero-order valence-corrected chi connectivity index (χ0v) is 13.6. The SMILES string of the molecule is O=C(CSc1nnc(-c2ccco2)o1)Nc1ccc2c(c1)CCC2. The molecular formula is C17H15N3O3S. The van der Waals surface area contributed by atoms with Gasteiger partial charge in [0.2, 0.25) is 5.91 Å². The standard InChI is InChI=1S/C17H15N3O3S/c21-15(18-13-7-6-11-3-1-4-12(11)9-13)10-24-17-20-19-16(23-17)14-5-2-8-22-14/h2,5-9H,1,3-4,10H2,(H,18,21). The first-order chi connectivity index (χ1) is 11.8. The van der Waals surface area contributed by atoms with Crippen molar-refractivity contribution in [1.82, 2.24) is 10.2 Å². The van der Waals surface area contributed by atoms with Gasteiger partial charge in [0.25, 0.3) is 11.1 Å². The van der Waals surface area contributed by atoms with Crippen molar-refractivity contribution in [3.05, 3.63) is 47.7 Å². The van der Waals surface area contributed by atoms with Crippen molar-refractivity contribution < 1.29 is 13.6 Å². The number of carbonyl (C=O) groups is 1. The molecule has 7 heteroatoms. The maximum atomic E-state index is 12.1. The van der Waals surface area contributed by atoms with E-state index in [1.165, 1.54) is 35.6 Å². The summed E-state index contributed by atoms with van der Waals surface area (Å²) in [6.45, 7) is 0. The van der Waals surface area contributed by atoms with Crippen LogP contribution in [0, 0.1) is 0 Å². The van der Waals surface area contributed by atoms with Gasteiger partial charge in [-0.05, 0) is 54.7 Å². The van der Waals surface area contributed by atoms with E-state index in [4.69, 9.17) is 8.83 Å². The highest BCUT2D eigenvalue weighted by Gasteiger charge is 2.14. The molecule has 0 radical (unpaired) electrons. The van der Waals surface area contributed by atoms with Crippen molar-refractivity contribution in [2.45, 2.75) is 24.5 Å². The lowest BCUT2D eigenvalue weighted by atomic mass is 10.1. The van der Waals surface area contributed by atoms with Crippen LogP contribution in [0.15, 0.2) is 50.7 Å². The van der Waals surface area contributed by atoms with E-state index in [1.54, 1.807) is 12.1 Å². The van der Waals surface area contributed by atoms with Crippen molar-refractivity contribution in [2.24, 2.45) is 0 Å². The number of aromatic nitrogens is 2. The molecule has 0 bridgehead atoms. The van der Waals surface area contributed by atoms with Gasteiger partial charge in [-0.25, -0.2) is 0 Å². The van der Waals surface area contributed by atoms with Crippen LogP contribution in [-0.4, -0.2) is 21.9 Å². The summed E-state index contributed by atoms with van der Waals surface area (Å²) < 4.78 is 10.6. The van der Waals surface area contributed by atoms with E-state index < -0.39 is 0 Å². The molecular weight excluding hydrogens is 326 g/mol. The van der Waals surface area contributed by atoms with E-state index in [1.807, 2.05) is 6.07 Å². The Bertz CT molecular complexity index is 858. The second-order valence-electron chi connectivity index (χ2n) is 5.52. The number of amides is 1. The first-order valence-electron chi connectivity index (χ1n) is 7.70. The molecule has 1 aliphatic carbocycles. The Kier molecular flexibility index (Phi) is 4.08. The first-order valence-corrected chi connectivity index (χ1v) is 8.68. The highest BCUT2D eigenvalue weighted by Crippen LogP contribution is 2.26. The molecule has 0 aliphatic heterocycles. The van der Waals surface area contributed by atoms with Crippen LogP contribution in [0.2, 0.25) is 0 Å². The van der Waals surface area contributed by atoms with Crippen molar-refractivity contribution in [2.75, 3.05) is 11.1 Å². The highest BCUT2D eigenvalue weighted by molar-refractivity contribution is 7.99. The molecule has 0 spiro atoms. The number of nitrogens with one attached hydrogen (secondary N) is 1. The molecule has 6 nitrogen and oxygen atoms in total. The topological polar surface area (TPSA) is 81.2 Å². The molecule has 1 amide bonds. The van der Waals surface area contributed by atoms with Crippen molar-refractivity contribution >= 4 is 23.4 Å². The molecule has 1 aliphatic rings. The van der Waals surface area contributed by atoms with E-state index in [9.17, 15) is 4.79 Å². The van der Waals surface area contributed by atoms with Crippen LogP contribution < -0.4 is 5.32 Å². The van der Waals surface area contributed by atoms with E-state index in [0.29, 0.717) is 16.9 Å². The smallest absolute Gasteiger partial charge is 0.284 e. The third-order valence-corrected chi connectivity index (χ3v) is 4.67. The van der Waals surface area contributed by atoms with E-state index in [0.717, 1.165) is 18.5 Å². The van der Waals surface area contributed by atoms with Gasteiger partial charge < -0.3 is 14.2 Å². The molecule has 0 unspecified atom stereocenters. The molecule has 1 aromatic carbocycles. The van der Waals surface area contributed by atoms with Crippen molar-refractivity contribution in [1.29, 1.82) is 0 Å². The summed E-state index contributed by atoms with van der Waals surface area (Å²) in [7, 11) is 0. The average Bonchev–Trinajstić information content (AvgIpc) is 3.32. The molecule has 122 valence electrons. The van der Waals surface area contributed by atoms with E-state index >= 15 is 0 Å². The van der Waals surface area contributed by atoms with Crippen LogP contribution in [0.3, 0.4) is 0 Å². The molecule has 3 aromatic rings. The summed E-state index contributed by atoms with van der Waals surface area (Å²) in [5.74, 6) is 0.922. The maximum Gasteiger partial charge on any atom is 0.284 e. The number of carbonyl (C=O) groups excluding carboxylic acids is 1. The Hall–Kier alpha value is -2.54. The van der Waals surface area contributed by atoms with E-state index in [-0.39, 0.29) is 11.7 Å². The summed E-state index contributed by atoms with van der Waals surface area (Å²) in [4.78, 5) is 12.1. The number of rotatable bonds is 5. The summed E-state index contributed by atoms with van der Waals surface area (Å²) in [6.07, 6.45) is 4.95. The molecule has 2 aromatic heterocycles. The molecule has 4 rings (SSSR count). The van der Waals surface area contributed by atoms with Gasteiger partial charge >= 0.3 is 0 Å². The second kappa shape index (κ2) is 6.52. The number of nitrogens with zero attached hydrogens (tertiary/aromatic N) is 2.